The molecule has 1 amide bonds. The highest BCUT2D eigenvalue weighted by Gasteiger charge is 2.38. The van der Waals surface area contributed by atoms with Gasteiger partial charge in [-0.2, -0.15) is 0 Å². The topological polar surface area (TPSA) is 46.6 Å². The minimum Gasteiger partial charge on any atom is -0.465 e. The molecule has 2 aromatic rings. The predicted molar refractivity (Wildman–Crippen MR) is 108 cm³/mol. The number of nitrogens with zero attached hydrogens (tertiary/aromatic N) is 1. The van der Waals surface area contributed by atoms with E-state index in [1.165, 1.54) is 12.0 Å². The first-order valence-corrected chi connectivity index (χ1v) is 9.04. The van der Waals surface area contributed by atoms with Crippen LogP contribution < -0.4 is 4.90 Å². The first-order chi connectivity index (χ1) is 12.8. The second-order valence-electron chi connectivity index (χ2n) is 5.77. The minimum atomic E-state index is -0.610. The van der Waals surface area contributed by atoms with Crippen LogP contribution in [0.3, 0.4) is 0 Å². The molecule has 0 atom stereocenters. The largest absolute Gasteiger partial charge is 0.465 e. The van der Waals surface area contributed by atoms with Crippen molar-refractivity contribution in [3.63, 3.8) is 0 Å². The van der Waals surface area contributed by atoms with E-state index in [0.717, 1.165) is 0 Å². The first-order valence-electron chi connectivity index (χ1n) is 7.90. The highest BCUT2D eigenvalue weighted by molar-refractivity contribution is 6.42. The van der Waals surface area contributed by atoms with Gasteiger partial charge >= 0.3 is 5.97 Å². The fourth-order valence-corrected chi connectivity index (χ4v) is 3.35. The number of rotatable bonds is 3. The summed E-state index contributed by atoms with van der Waals surface area (Å²) in [6.45, 7) is 1.67. The Morgan fingerprint density at radius 3 is 2.37 bits per heavy atom. The number of hydrogen-bond acceptors (Lipinski definition) is 3. The highest BCUT2D eigenvalue weighted by atomic mass is 35.5. The van der Waals surface area contributed by atoms with E-state index in [1.54, 1.807) is 55.5 Å². The number of halogens is 3. The standard InChI is InChI=1S/C20H14Cl3NO3/c1-11-18(20(26)27-2)14(9-12-5-3-4-6-15(12)21)19(25)24(11)13-7-8-16(22)17(23)10-13/h3-10H,1-2H3/b14-9-. The fourth-order valence-electron chi connectivity index (χ4n) is 2.86. The van der Waals surface area contributed by atoms with Crippen LogP contribution in [0.4, 0.5) is 5.69 Å². The van der Waals surface area contributed by atoms with Crippen LogP contribution >= 0.6 is 34.8 Å². The zero-order valence-corrected chi connectivity index (χ0v) is 16.7. The molecule has 0 aromatic heterocycles. The van der Waals surface area contributed by atoms with Gasteiger partial charge in [0.2, 0.25) is 0 Å². The Hall–Kier alpha value is -2.27. The summed E-state index contributed by atoms with van der Waals surface area (Å²) in [5.74, 6) is -0.993. The van der Waals surface area contributed by atoms with Gasteiger partial charge in [-0.25, -0.2) is 4.79 Å². The lowest BCUT2D eigenvalue weighted by atomic mass is 10.0. The molecule has 0 aliphatic carbocycles. The quantitative estimate of drug-likeness (QED) is 0.483. The lowest BCUT2D eigenvalue weighted by molar-refractivity contribution is -0.136. The maximum atomic E-state index is 13.1. The van der Waals surface area contributed by atoms with Crippen LogP contribution in [-0.2, 0) is 14.3 Å². The first kappa shape index (κ1) is 19.5. The van der Waals surface area contributed by atoms with Crippen molar-refractivity contribution in [2.24, 2.45) is 0 Å². The van der Waals surface area contributed by atoms with Crippen LogP contribution in [-0.4, -0.2) is 19.0 Å². The third kappa shape index (κ3) is 3.61. The molecule has 0 spiro atoms. The van der Waals surface area contributed by atoms with E-state index in [1.807, 2.05) is 0 Å². The maximum absolute atomic E-state index is 13.1. The summed E-state index contributed by atoms with van der Waals surface area (Å²) in [6.07, 6.45) is 1.58. The van der Waals surface area contributed by atoms with Crippen LogP contribution in [0.2, 0.25) is 15.1 Å². The van der Waals surface area contributed by atoms with E-state index in [2.05, 4.69) is 0 Å². The van der Waals surface area contributed by atoms with Crippen molar-refractivity contribution in [1.29, 1.82) is 0 Å². The molecule has 2 aromatic carbocycles. The van der Waals surface area contributed by atoms with Gasteiger partial charge in [-0.15, -0.1) is 0 Å². The van der Waals surface area contributed by atoms with Crippen molar-refractivity contribution in [2.75, 3.05) is 12.0 Å². The summed E-state index contributed by atoms with van der Waals surface area (Å²) in [4.78, 5) is 26.9. The average Bonchev–Trinajstić information content (AvgIpc) is 2.89. The van der Waals surface area contributed by atoms with E-state index >= 15 is 0 Å². The summed E-state index contributed by atoms with van der Waals surface area (Å²) in [5, 5.41) is 1.14. The third-order valence-corrected chi connectivity index (χ3v) is 5.24. The molecule has 0 saturated heterocycles. The lowest BCUT2D eigenvalue weighted by Gasteiger charge is -2.18. The number of carbonyl (C=O) groups excluding carboxylic acids is 2. The third-order valence-electron chi connectivity index (χ3n) is 4.16. The number of carbonyl (C=O) groups is 2. The van der Waals surface area contributed by atoms with Gasteiger partial charge in [0.15, 0.2) is 0 Å². The van der Waals surface area contributed by atoms with Gasteiger partial charge < -0.3 is 4.74 Å². The van der Waals surface area contributed by atoms with Gasteiger partial charge in [-0.1, -0.05) is 53.0 Å². The molecule has 7 heteroatoms. The van der Waals surface area contributed by atoms with E-state index in [-0.39, 0.29) is 17.1 Å². The molecule has 0 bridgehead atoms. The number of methoxy groups -OCH3 is 1. The van der Waals surface area contributed by atoms with Gasteiger partial charge in [-0.05, 0) is 42.8 Å². The highest BCUT2D eigenvalue weighted by Crippen LogP contribution is 2.38. The van der Waals surface area contributed by atoms with Crippen LogP contribution in [0.5, 0.6) is 0 Å². The average molecular weight is 423 g/mol. The maximum Gasteiger partial charge on any atom is 0.340 e. The lowest BCUT2D eigenvalue weighted by Crippen LogP contribution is -2.24. The fraction of sp³-hybridized carbons (Fsp3) is 0.100. The number of ether oxygens (including phenoxy) is 1. The summed E-state index contributed by atoms with van der Waals surface area (Å²) in [7, 11) is 1.27. The Morgan fingerprint density at radius 1 is 1.04 bits per heavy atom. The second-order valence-corrected chi connectivity index (χ2v) is 6.99. The van der Waals surface area contributed by atoms with Gasteiger partial charge in [0.25, 0.3) is 5.91 Å². The van der Waals surface area contributed by atoms with Gasteiger partial charge in [0.1, 0.15) is 0 Å². The van der Waals surface area contributed by atoms with E-state index < -0.39 is 5.97 Å². The van der Waals surface area contributed by atoms with Crippen LogP contribution in [0.15, 0.2) is 59.3 Å². The molecule has 0 radical (unpaired) electrons. The Labute approximate surface area is 171 Å². The van der Waals surface area contributed by atoms with Crippen molar-refractivity contribution < 1.29 is 14.3 Å². The second kappa shape index (κ2) is 7.77. The van der Waals surface area contributed by atoms with Crippen LogP contribution in [0.1, 0.15) is 12.5 Å². The van der Waals surface area contributed by atoms with Crippen LogP contribution in [0.25, 0.3) is 6.08 Å². The number of amides is 1. The Balaban J connectivity index is 2.17. The Kier molecular flexibility index (Phi) is 5.61. The summed E-state index contributed by atoms with van der Waals surface area (Å²) >= 11 is 18.3. The SMILES string of the molecule is COC(=O)C1=C(C)N(c2ccc(Cl)c(Cl)c2)C(=O)/C1=C\c1ccccc1Cl. The Morgan fingerprint density at radius 2 is 1.74 bits per heavy atom. The van der Waals surface area contributed by atoms with E-state index in [4.69, 9.17) is 39.5 Å². The van der Waals surface area contributed by atoms with Crippen molar-refractivity contribution in [3.05, 3.63) is 79.9 Å². The normalized spacial score (nSPS) is 15.7. The van der Waals surface area contributed by atoms with Crippen molar-refractivity contribution >= 4 is 58.4 Å². The number of anilines is 1. The van der Waals surface area contributed by atoms with E-state index in [9.17, 15) is 9.59 Å². The monoisotopic (exact) mass is 421 g/mol. The smallest absolute Gasteiger partial charge is 0.340 e. The van der Waals surface area contributed by atoms with Gasteiger partial charge in [0, 0.05) is 10.7 Å². The summed E-state index contributed by atoms with van der Waals surface area (Å²) < 4.78 is 4.88. The van der Waals surface area contributed by atoms with Crippen molar-refractivity contribution in [2.45, 2.75) is 6.92 Å². The molecule has 1 aliphatic rings. The zero-order chi connectivity index (χ0) is 19.7. The minimum absolute atomic E-state index is 0.175. The molecule has 3 rings (SSSR count). The molecule has 0 unspecified atom stereocenters. The summed E-state index contributed by atoms with van der Waals surface area (Å²) in [6, 6.07) is 11.9. The molecule has 4 nitrogen and oxygen atoms in total. The van der Waals surface area contributed by atoms with Crippen molar-refractivity contribution in [1.82, 2.24) is 0 Å². The summed E-state index contributed by atoms with van der Waals surface area (Å²) in [5.41, 5.74) is 1.92. The molecule has 1 aliphatic heterocycles. The Bertz CT molecular complexity index is 1010. The zero-order valence-electron chi connectivity index (χ0n) is 14.4. The van der Waals surface area contributed by atoms with Gasteiger partial charge in [0.05, 0.1) is 34.0 Å². The molecule has 0 saturated carbocycles. The molecule has 0 N–H and O–H groups in total. The van der Waals surface area contributed by atoms with Gasteiger partial charge in [-0.3, -0.25) is 9.69 Å². The predicted octanol–water partition coefficient (Wildman–Crippen LogP) is 5.52. The molecule has 27 heavy (non-hydrogen) atoms. The molecular weight excluding hydrogens is 409 g/mol. The number of allylic oxidation sites excluding steroid dienone is 1. The molecule has 0 fully saturated rings. The van der Waals surface area contributed by atoms with Crippen LogP contribution in [0, 0.1) is 0 Å². The van der Waals surface area contributed by atoms with E-state index in [0.29, 0.717) is 32.0 Å². The molecule has 1 heterocycles. The van der Waals surface area contributed by atoms with Crippen molar-refractivity contribution in [3.8, 4) is 0 Å². The molecular formula is C20H14Cl3NO3. The number of benzene rings is 2. The molecule has 138 valence electrons. The number of hydrogen-bond donors (Lipinski definition) is 0. The number of esters is 1.